The van der Waals surface area contributed by atoms with Crippen molar-refractivity contribution in [2.24, 2.45) is 0 Å². The molecule has 140 valence electrons. The van der Waals surface area contributed by atoms with Gasteiger partial charge in [0, 0.05) is 12.5 Å². The fourth-order valence-electron chi connectivity index (χ4n) is 2.51. The minimum Gasteiger partial charge on any atom is -0.507 e. The average molecular weight is 362 g/mol. The van der Waals surface area contributed by atoms with Crippen molar-refractivity contribution in [1.82, 2.24) is 0 Å². The fourth-order valence-corrected chi connectivity index (χ4v) is 2.51. The number of esters is 1. The van der Waals surface area contributed by atoms with Crippen molar-refractivity contribution in [1.29, 1.82) is 0 Å². The van der Waals surface area contributed by atoms with Crippen LogP contribution in [0.15, 0.2) is 30.4 Å². The predicted octanol–water partition coefficient (Wildman–Crippen LogP) is 1.60. The first-order valence-electron chi connectivity index (χ1n) is 8.18. The molecule has 2 rings (SSSR count). The smallest absolute Gasteiger partial charge is 0.342 e. The van der Waals surface area contributed by atoms with Gasteiger partial charge in [0.15, 0.2) is 5.78 Å². The minimum absolute atomic E-state index is 0.0242. The Bertz CT molecular complexity index is 736. The van der Waals surface area contributed by atoms with E-state index in [9.17, 15) is 24.9 Å². The van der Waals surface area contributed by atoms with Crippen LogP contribution in [0.5, 0.6) is 11.5 Å². The number of hydrogen-bond acceptors (Lipinski definition) is 7. The standard InChI is InChI=1S/C19H22O7/c1-11-5-3-7-14(20)18(23)15(21)8-4-6-12-9-13(25-2)10-16(22)17(12)19(24)26-11/h3-4,6-7,9-11,15,18,21-23H,5,8H2,1-2H3/b6-4+,7-3-/t11-,15+,18+/m0/s1. The monoisotopic (exact) mass is 362 g/mol. The molecule has 0 aliphatic carbocycles. The first kappa shape index (κ1) is 19.7. The fraction of sp³-hybridized carbons (Fsp3) is 0.368. The number of hydrogen-bond donors (Lipinski definition) is 3. The molecular weight excluding hydrogens is 340 g/mol. The summed E-state index contributed by atoms with van der Waals surface area (Å²) in [6, 6.07) is 2.84. The number of methoxy groups -OCH3 is 1. The van der Waals surface area contributed by atoms with E-state index in [0.717, 1.165) is 6.08 Å². The number of rotatable bonds is 1. The molecule has 0 aromatic heterocycles. The van der Waals surface area contributed by atoms with Crippen LogP contribution in [0.3, 0.4) is 0 Å². The largest absolute Gasteiger partial charge is 0.507 e. The molecule has 0 fully saturated rings. The van der Waals surface area contributed by atoms with Crippen LogP contribution >= 0.6 is 0 Å². The van der Waals surface area contributed by atoms with Gasteiger partial charge in [-0.1, -0.05) is 18.2 Å². The molecule has 0 unspecified atom stereocenters. The third kappa shape index (κ3) is 4.71. The highest BCUT2D eigenvalue weighted by Gasteiger charge is 2.23. The van der Waals surface area contributed by atoms with E-state index in [1.54, 1.807) is 6.92 Å². The van der Waals surface area contributed by atoms with E-state index < -0.39 is 30.1 Å². The molecule has 0 bridgehead atoms. The lowest BCUT2D eigenvalue weighted by atomic mass is 10.0. The van der Waals surface area contributed by atoms with Crippen molar-refractivity contribution in [3.63, 3.8) is 0 Å². The molecule has 0 amide bonds. The molecule has 7 nitrogen and oxygen atoms in total. The summed E-state index contributed by atoms with van der Waals surface area (Å²) in [6.45, 7) is 1.64. The van der Waals surface area contributed by atoms with Crippen LogP contribution in [0, 0.1) is 0 Å². The number of carbonyl (C=O) groups excluding carboxylic acids is 2. The second-order valence-electron chi connectivity index (χ2n) is 6.02. The summed E-state index contributed by atoms with van der Waals surface area (Å²) in [5, 5.41) is 30.0. The van der Waals surface area contributed by atoms with Crippen molar-refractivity contribution in [3.05, 3.63) is 41.5 Å². The van der Waals surface area contributed by atoms with Gasteiger partial charge in [-0.2, -0.15) is 0 Å². The summed E-state index contributed by atoms with van der Waals surface area (Å²) in [4.78, 5) is 24.3. The SMILES string of the molecule is COc1cc(O)c2c(c1)/C=C/C[C@@H](O)[C@H](O)C(=O)/C=C\C[C@H](C)OC2=O. The van der Waals surface area contributed by atoms with E-state index in [1.807, 2.05) is 0 Å². The van der Waals surface area contributed by atoms with Crippen molar-refractivity contribution >= 4 is 17.8 Å². The number of phenolic OH excluding ortho intramolecular Hbond substituents is 1. The molecule has 7 heteroatoms. The van der Waals surface area contributed by atoms with E-state index in [2.05, 4.69) is 0 Å². The molecule has 0 spiro atoms. The number of ether oxygens (including phenoxy) is 2. The minimum atomic E-state index is -1.55. The maximum Gasteiger partial charge on any atom is 0.342 e. The van der Waals surface area contributed by atoms with Crippen molar-refractivity contribution < 1.29 is 34.4 Å². The molecule has 1 heterocycles. The maximum atomic E-state index is 12.4. The third-order valence-corrected chi connectivity index (χ3v) is 3.95. The lowest BCUT2D eigenvalue weighted by Crippen LogP contribution is -2.32. The Kier molecular flexibility index (Phi) is 6.54. The molecule has 0 saturated carbocycles. The van der Waals surface area contributed by atoms with Gasteiger partial charge < -0.3 is 24.8 Å². The highest BCUT2D eigenvalue weighted by atomic mass is 16.5. The molecule has 0 radical (unpaired) electrons. The Hall–Kier alpha value is -2.64. The molecule has 1 aliphatic rings. The summed E-state index contributed by atoms with van der Waals surface area (Å²) >= 11 is 0. The number of aromatic hydroxyl groups is 1. The van der Waals surface area contributed by atoms with Crippen LogP contribution in [-0.4, -0.2) is 52.5 Å². The predicted molar refractivity (Wildman–Crippen MR) is 94.0 cm³/mol. The van der Waals surface area contributed by atoms with Crippen LogP contribution < -0.4 is 4.74 Å². The number of fused-ring (bicyclic) bond motifs is 1. The quantitative estimate of drug-likeness (QED) is 0.650. The van der Waals surface area contributed by atoms with Crippen molar-refractivity contribution in [2.45, 2.75) is 38.1 Å². The molecular formula is C19H22O7. The summed E-state index contributed by atoms with van der Waals surface area (Å²) in [7, 11) is 1.42. The first-order chi connectivity index (χ1) is 12.3. The third-order valence-electron chi connectivity index (χ3n) is 3.95. The second-order valence-corrected chi connectivity index (χ2v) is 6.02. The number of ketones is 1. The summed E-state index contributed by atoms with van der Waals surface area (Å²) in [6.07, 6.45) is 2.42. The lowest BCUT2D eigenvalue weighted by Gasteiger charge is -2.16. The van der Waals surface area contributed by atoms with E-state index >= 15 is 0 Å². The zero-order chi connectivity index (χ0) is 19.3. The van der Waals surface area contributed by atoms with Crippen LogP contribution in [0.4, 0.5) is 0 Å². The Morgan fingerprint density at radius 1 is 1.12 bits per heavy atom. The summed E-state index contributed by atoms with van der Waals surface area (Å²) in [5.74, 6) is -1.29. The number of aliphatic hydroxyl groups excluding tert-OH is 2. The zero-order valence-corrected chi connectivity index (χ0v) is 14.6. The number of aliphatic hydroxyl groups is 2. The van der Waals surface area contributed by atoms with Crippen LogP contribution in [0.1, 0.15) is 35.7 Å². The normalized spacial score (nSPS) is 27.0. The van der Waals surface area contributed by atoms with Gasteiger partial charge >= 0.3 is 5.97 Å². The lowest BCUT2D eigenvalue weighted by molar-refractivity contribution is -0.127. The van der Waals surface area contributed by atoms with Gasteiger partial charge in [0.1, 0.15) is 29.3 Å². The van der Waals surface area contributed by atoms with E-state index in [4.69, 9.17) is 9.47 Å². The van der Waals surface area contributed by atoms with Gasteiger partial charge in [0.2, 0.25) is 0 Å². The van der Waals surface area contributed by atoms with Crippen LogP contribution in [0.25, 0.3) is 6.08 Å². The molecule has 1 aromatic carbocycles. The topological polar surface area (TPSA) is 113 Å². The number of benzene rings is 1. The molecule has 3 atom stereocenters. The van der Waals surface area contributed by atoms with E-state index in [1.165, 1.54) is 37.5 Å². The van der Waals surface area contributed by atoms with Crippen molar-refractivity contribution in [2.75, 3.05) is 7.11 Å². The van der Waals surface area contributed by atoms with Gasteiger partial charge in [-0.3, -0.25) is 4.79 Å². The first-order valence-corrected chi connectivity index (χ1v) is 8.18. The second kappa shape index (κ2) is 8.64. The molecule has 26 heavy (non-hydrogen) atoms. The summed E-state index contributed by atoms with van der Waals surface area (Å²) in [5.41, 5.74) is 0.306. The average Bonchev–Trinajstić information content (AvgIpc) is 2.59. The van der Waals surface area contributed by atoms with Gasteiger partial charge in [-0.05, 0) is 31.1 Å². The van der Waals surface area contributed by atoms with Crippen molar-refractivity contribution in [3.8, 4) is 11.5 Å². The zero-order valence-electron chi connectivity index (χ0n) is 14.6. The Morgan fingerprint density at radius 3 is 2.50 bits per heavy atom. The molecule has 1 aromatic rings. The van der Waals surface area contributed by atoms with Gasteiger partial charge in [0.05, 0.1) is 13.2 Å². The summed E-state index contributed by atoms with van der Waals surface area (Å²) < 4.78 is 10.4. The van der Waals surface area contributed by atoms with Gasteiger partial charge in [0.25, 0.3) is 0 Å². The van der Waals surface area contributed by atoms with Crippen LogP contribution in [-0.2, 0) is 9.53 Å². The number of carbonyl (C=O) groups is 2. The number of phenols is 1. The number of cyclic esters (lactones) is 1. The van der Waals surface area contributed by atoms with E-state index in [0.29, 0.717) is 11.3 Å². The Labute approximate surface area is 151 Å². The molecule has 3 N–H and O–H groups in total. The maximum absolute atomic E-state index is 12.4. The Morgan fingerprint density at radius 2 is 1.81 bits per heavy atom. The van der Waals surface area contributed by atoms with Gasteiger partial charge in [-0.25, -0.2) is 4.79 Å². The molecule has 0 saturated heterocycles. The van der Waals surface area contributed by atoms with Crippen LogP contribution in [0.2, 0.25) is 0 Å². The highest BCUT2D eigenvalue weighted by molar-refractivity contribution is 5.97. The van der Waals surface area contributed by atoms with Gasteiger partial charge in [-0.15, -0.1) is 0 Å². The molecule has 1 aliphatic heterocycles. The highest BCUT2D eigenvalue weighted by Crippen LogP contribution is 2.30. The van der Waals surface area contributed by atoms with E-state index in [-0.39, 0.29) is 24.2 Å². The Balaban J connectivity index is 2.45.